The Morgan fingerprint density at radius 1 is 0.909 bits per heavy atom. The quantitative estimate of drug-likeness (QED) is 0.288. The molecular weight excluding hydrogens is 416 g/mol. The van der Waals surface area contributed by atoms with Gasteiger partial charge in [0.2, 0.25) is 0 Å². The second-order valence-corrected chi connectivity index (χ2v) is 7.33. The van der Waals surface area contributed by atoms with E-state index in [2.05, 4.69) is 10.5 Å². The van der Waals surface area contributed by atoms with Gasteiger partial charge in [0.1, 0.15) is 12.4 Å². The topological polar surface area (TPSA) is 80.2 Å². The highest BCUT2D eigenvalue weighted by molar-refractivity contribution is 6.01. The molecular formula is C27H24N2O4. The highest BCUT2D eigenvalue weighted by Crippen LogP contribution is 2.29. The van der Waals surface area contributed by atoms with Crippen molar-refractivity contribution in [3.63, 3.8) is 0 Å². The van der Waals surface area contributed by atoms with E-state index in [0.29, 0.717) is 24.7 Å². The molecule has 0 aliphatic rings. The van der Waals surface area contributed by atoms with E-state index in [4.69, 9.17) is 9.47 Å². The van der Waals surface area contributed by atoms with Crippen molar-refractivity contribution in [3.8, 4) is 17.2 Å². The van der Waals surface area contributed by atoms with E-state index in [0.717, 1.165) is 21.9 Å². The van der Waals surface area contributed by atoms with E-state index in [9.17, 15) is 9.90 Å². The lowest BCUT2D eigenvalue weighted by Crippen LogP contribution is -2.17. The molecule has 0 fully saturated rings. The van der Waals surface area contributed by atoms with Crippen LogP contribution in [0.5, 0.6) is 17.2 Å². The molecule has 4 aromatic rings. The molecule has 33 heavy (non-hydrogen) atoms. The third-order valence-electron chi connectivity index (χ3n) is 4.99. The predicted octanol–water partition coefficient (Wildman–Crippen LogP) is 5.29. The van der Waals surface area contributed by atoms with Gasteiger partial charge in [0, 0.05) is 0 Å². The lowest BCUT2D eigenvalue weighted by molar-refractivity contribution is 0.0952. The van der Waals surface area contributed by atoms with Crippen molar-refractivity contribution in [3.05, 3.63) is 102 Å². The van der Waals surface area contributed by atoms with E-state index in [1.807, 2.05) is 73.7 Å². The van der Waals surface area contributed by atoms with Crippen LogP contribution in [0.3, 0.4) is 0 Å². The van der Waals surface area contributed by atoms with Crippen LogP contribution in [0.25, 0.3) is 10.8 Å². The molecule has 0 spiro atoms. The Labute approximate surface area is 192 Å². The summed E-state index contributed by atoms with van der Waals surface area (Å²) in [6, 6.07) is 26.0. The molecule has 0 bridgehead atoms. The van der Waals surface area contributed by atoms with Gasteiger partial charge in [-0.25, -0.2) is 5.43 Å². The summed E-state index contributed by atoms with van der Waals surface area (Å²) in [5, 5.41) is 16.0. The minimum atomic E-state index is -0.498. The summed E-state index contributed by atoms with van der Waals surface area (Å²) >= 11 is 0. The molecule has 0 unspecified atom stereocenters. The highest BCUT2D eigenvalue weighted by Gasteiger charge is 2.12. The molecule has 4 aromatic carbocycles. The second-order valence-electron chi connectivity index (χ2n) is 7.33. The summed E-state index contributed by atoms with van der Waals surface area (Å²) in [4.78, 5) is 12.5. The normalized spacial score (nSPS) is 10.9. The summed E-state index contributed by atoms with van der Waals surface area (Å²) in [7, 11) is 0. The number of fused-ring (bicyclic) bond motifs is 1. The lowest BCUT2D eigenvalue weighted by Gasteiger charge is -2.12. The third-order valence-corrected chi connectivity index (χ3v) is 4.99. The fourth-order valence-corrected chi connectivity index (χ4v) is 3.36. The first-order valence-electron chi connectivity index (χ1n) is 10.6. The highest BCUT2D eigenvalue weighted by atomic mass is 16.5. The summed E-state index contributed by atoms with van der Waals surface area (Å²) in [6.07, 6.45) is 1.51. The van der Waals surface area contributed by atoms with Crippen LogP contribution in [0.1, 0.15) is 28.4 Å². The maximum atomic E-state index is 12.5. The van der Waals surface area contributed by atoms with Crippen LogP contribution in [0.2, 0.25) is 0 Å². The van der Waals surface area contributed by atoms with Gasteiger partial charge >= 0.3 is 0 Å². The number of aromatic hydroxyl groups is 1. The Balaban J connectivity index is 1.44. The minimum Gasteiger partial charge on any atom is -0.507 e. The second kappa shape index (κ2) is 10.3. The van der Waals surface area contributed by atoms with Gasteiger partial charge in [0.05, 0.1) is 18.4 Å². The van der Waals surface area contributed by atoms with Gasteiger partial charge in [-0.05, 0) is 59.2 Å². The smallest absolute Gasteiger partial charge is 0.275 e. The number of rotatable bonds is 8. The Bertz CT molecular complexity index is 1290. The number of nitrogens with zero attached hydrogens (tertiary/aromatic N) is 1. The number of phenolic OH excluding ortho intramolecular Hbond substituents is 1. The standard InChI is InChI=1S/C27H24N2O4/c1-2-32-26-14-20(12-13-25(26)33-18-19-8-4-3-5-9-19)17-28-29-27(31)23-15-21-10-6-7-11-22(21)16-24(23)30/h3-17,30H,2,18H2,1H3,(H,29,31). The average molecular weight is 440 g/mol. The van der Waals surface area contributed by atoms with Crippen molar-refractivity contribution in [2.45, 2.75) is 13.5 Å². The molecule has 1 amide bonds. The van der Waals surface area contributed by atoms with Crippen molar-refractivity contribution < 1.29 is 19.4 Å². The minimum absolute atomic E-state index is 0.0973. The third kappa shape index (κ3) is 5.49. The predicted molar refractivity (Wildman–Crippen MR) is 129 cm³/mol. The van der Waals surface area contributed by atoms with Crippen LogP contribution < -0.4 is 14.9 Å². The number of phenols is 1. The number of hydrazone groups is 1. The summed E-state index contributed by atoms with van der Waals surface area (Å²) in [6.45, 7) is 2.82. The molecule has 2 N–H and O–H groups in total. The van der Waals surface area contributed by atoms with Crippen LogP contribution >= 0.6 is 0 Å². The monoisotopic (exact) mass is 440 g/mol. The average Bonchev–Trinajstić information content (AvgIpc) is 2.84. The first-order chi connectivity index (χ1) is 16.1. The molecule has 0 heterocycles. The number of amides is 1. The molecule has 4 rings (SSSR count). The summed E-state index contributed by atoms with van der Waals surface area (Å²) in [5.41, 5.74) is 4.41. The number of carbonyl (C=O) groups excluding carboxylic acids is 1. The zero-order chi connectivity index (χ0) is 23.0. The number of hydrogen-bond acceptors (Lipinski definition) is 5. The van der Waals surface area contributed by atoms with E-state index < -0.39 is 5.91 Å². The number of nitrogens with one attached hydrogen (secondary N) is 1. The summed E-state index contributed by atoms with van der Waals surface area (Å²) in [5.74, 6) is 0.626. The van der Waals surface area contributed by atoms with Crippen molar-refractivity contribution in [2.24, 2.45) is 5.10 Å². The number of hydrogen-bond donors (Lipinski definition) is 2. The molecule has 0 aromatic heterocycles. The zero-order valence-electron chi connectivity index (χ0n) is 18.2. The molecule has 0 aliphatic carbocycles. The molecule has 6 heteroatoms. The van der Waals surface area contributed by atoms with Gasteiger partial charge in [-0.2, -0.15) is 5.10 Å². The Morgan fingerprint density at radius 3 is 2.39 bits per heavy atom. The van der Waals surface area contributed by atoms with Gasteiger partial charge in [0.25, 0.3) is 5.91 Å². The van der Waals surface area contributed by atoms with E-state index >= 15 is 0 Å². The van der Waals surface area contributed by atoms with Crippen LogP contribution in [-0.2, 0) is 6.61 Å². The molecule has 0 radical (unpaired) electrons. The van der Waals surface area contributed by atoms with Crippen LogP contribution in [0.4, 0.5) is 0 Å². The molecule has 6 nitrogen and oxygen atoms in total. The summed E-state index contributed by atoms with van der Waals surface area (Å²) < 4.78 is 11.6. The van der Waals surface area contributed by atoms with E-state index in [-0.39, 0.29) is 11.3 Å². The van der Waals surface area contributed by atoms with E-state index in [1.54, 1.807) is 18.2 Å². The van der Waals surface area contributed by atoms with E-state index in [1.165, 1.54) is 6.21 Å². The number of carbonyl (C=O) groups is 1. The van der Waals surface area contributed by atoms with Crippen molar-refractivity contribution in [2.75, 3.05) is 6.61 Å². The zero-order valence-corrected chi connectivity index (χ0v) is 18.2. The fourth-order valence-electron chi connectivity index (χ4n) is 3.36. The Morgan fingerprint density at radius 2 is 1.64 bits per heavy atom. The fraction of sp³-hybridized carbons (Fsp3) is 0.111. The van der Waals surface area contributed by atoms with Crippen molar-refractivity contribution in [1.82, 2.24) is 5.43 Å². The van der Waals surface area contributed by atoms with Crippen molar-refractivity contribution >= 4 is 22.9 Å². The largest absolute Gasteiger partial charge is 0.507 e. The van der Waals surface area contributed by atoms with Crippen LogP contribution in [0.15, 0.2) is 90.0 Å². The lowest BCUT2D eigenvalue weighted by atomic mass is 10.1. The van der Waals surface area contributed by atoms with Gasteiger partial charge in [-0.15, -0.1) is 0 Å². The molecule has 166 valence electrons. The SMILES string of the molecule is CCOc1cc(C=NNC(=O)c2cc3ccccc3cc2O)ccc1OCc1ccccc1. The maximum Gasteiger partial charge on any atom is 0.275 e. The van der Waals surface area contributed by atoms with Crippen LogP contribution in [-0.4, -0.2) is 23.8 Å². The Hall–Kier alpha value is -4.32. The van der Waals surface area contributed by atoms with Crippen LogP contribution in [0, 0.1) is 0 Å². The maximum absolute atomic E-state index is 12.5. The molecule has 0 atom stereocenters. The van der Waals surface area contributed by atoms with Gasteiger partial charge < -0.3 is 14.6 Å². The number of ether oxygens (including phenoxy) is 2. The number of benzene rings is 4. The first-order valence-corrected chi connectivity index (χ1v) is 10.6. The molecule has 0 aliphatic heterocycles. The van der Waals surface area contributed by atoms with Gasteiger partial charge in [-0.3, -0.25) is 4.79 Å². The Kier molecular flexibility index (Phi) is 6.85. The molecule has 0 saturated heterocycles. The van der Waals surface area contributed by atoms with Gasteiger partial charge in [-0.1, -0.05) is 54.6 Å². The first kappa shape index (κ1) is 21.9. The van der Waals surface area contributed by atoms with Crippen molar-refractivity contribution in [1.29, 1.82) is 0 Å². The molecule has 0 saturated carbocycles. The van der Waals surface area contributed by atoms with Gasteiger partial charge in [0.15, 0.2) is 11.5 Å².